The Bertz CT molecular complexity index is 1640. The van der Waals surface area contributed by atoms with Gasteiger partial charge in [0.25, 0.3) is 0 Å². The molecule has 0 aromatic heterocycles. The molecule has 0 saturated heterocycles. The number of hydrogen-bond donors (Lipinski definition) is 3. The van der Waals surface area contributed by atoms with E-state index >= 15 is 0 Å². The first-order valence-electron chi connectivity index (χ1n) is 34.2. The van der Waals surface area contributed by atoms with E-state index in [0.29, 0.717) is 25.7 Å². The Morgan fingerprint density at radius 2 is 0.571 bits per heavy atom. The van der Waals surface area contributed by atoms with Gasteiger partial charge in [0.15, 0.2) is 12.2 Å². The number of phosphoric ester groups is 2. The summed E-state index contributed by atoms with van der Waals surface area (Å²) in [6, 6.07) is 0. The SMILES string of the molecule is CCCCCCCCCCCCCCCCCCCC(=O)O[C@H](COC(=O)CCCCCCCCCCC(C)CC)COP(=O)(O)OC[C@@H](O)COP(=O)(O)OC[C@@H](COC(=O)CCCCCCC)OC(=O)CCCCCCCCCCCC. The summed E-state index contributed by atoms with van der Waals surface area (Å²) >= 11 is 0. The third-order valence-corrected chi connectivity index (χ3v) is 17.3. The molecule has 84 heavy (non-hydrogen) atoms. The van der Waals surface area contributed by atoms with E-state index in [0.717, 1.165) is 102 Å². The average molecular weight is 1240 g/mol. The van der Waals surface area contributed by atoms with Crippen LogP contribution in [0.3, 0.4) is 0 Å². The van der Waals surface area contributed by atoms with Gasteiger partial charge in [0, 0.05) is 25.7 Å². The van der Waals surface area contributed by atoms with Gasteiger partial charge in [-0.15, -0.1) is 0 Å². The summed E-state index contributed by atoms with van der Waals surface area (Å²) in [4.78, 5) is 72.0. The second kappa shape index (κ2) is 58.7. The Hall–Kier alpha value is -1.94. The summed E-state index contributed by atoms with van der Waals surface area (Å²) in [5.74, 6) is -1.36. The minimum Gasteiger partial charge on any atom is -0.462 e. The average Bonchev–Trinajstić information content (AvgIpc) is 3.65. The Balaban J connectivity index is 5.16. The highest BCUT2D eigenvalue weighted by molar-refractivity contribution is 7.47. The summed E-state index contributed by atoms with van der Waals surface area (Å²) < 4.78 is 67.8. The zero-order valence-corrected chi connectivity index (χ0v) is 55.8. The van der Waals surface area contributed by atoms with Crippen LogP contribution in [-0.4, -0.2) is 96.7 Å². The maximum absolute atomic E-state index is 13.0. The minimum absolute atomic E-state index is 0.105. The lowest BCUT2D eigenvalue weighted by Gasteiger charge is -2.21. The van der Waals surface area contributed by atoms with Crippen LogP contribution in [0, 0.1) is 5.92 Å². The number of carbonyl (C=O) groups is 4. The van der Waals surface area contributed by atoms with Crippen molar-refractivity contribution in [3.8, 4) is 0 Å². The van der Waals surface area contributed by atoms with Gasteiger partial charge in [0.1, 0.15) is 19.3 Å². The number of ether oxygens (including phenoxy) is 4. The highest BCUT2D eigenvalue weighted by Gasteiger charge is 2.30. The lowest BCUT2D eigenvalue weighted by atomic mass is 9.99. The Morgan fingerprint density at radius 1 is 0.333 bits per heavy atom. The molecule has 3 unspecified atom stereocenters. The summed E-state index contributed by atoms with van der Waals surface area (Å²) in [6.07, 6.45) is 43.4. The van der Waals surface area contributed by atoms with E-state index in [9.17, 15) is 43.2 Å². The number of rotatable bonds is 65. The van der Waals surface area contributed by atoms with E-state index in [1.165, 1.54) is 148 Å². The first-order chi connectivity index (χ1) is 40.6. The van der Waals surface area contributed by atoms with Gasteiger partial charge in [-0.2, -0.15) is 0 Å². The van der Waals surface area contributed by atoms with E-state index in [1.807, 2.05) is 0 Å². The van der Waals surface area contributed by atoms with Crippen molar-refractivity contribution in [2.75, 3.05) is 39.6 Å². The molecular formula is C65H126O17P2. The fraction of sp³-hybridized carbons (Fsp3) is 0.938. The van der Waals surface area contributed by atoms with E-state index in [2.05, 4.69) is 34.6 Å². The molecular weight excluding hydrogens is 1110 g/mol. The number of unbranched alkanes of at least 4 members (excludes halogenated alkanes) is 36. The van der Waals surface area contributed by atoms with Crippen LogP contribution < -0.4 is 0 Å². The predicted molar refractivity (Wildman–Crippen MR) is 335 cm³/mol. The normalized spacial score (nSPS) is 14.5. The van der Waals surface area contributed by atoms with Gasteiger partial charge < -0.3 is 33.8 Å². The third kappa shape index (κ3) is 57.8. The van der Waals surface area contributed by atoms with E-state index in [1.54, 1.807) is 0 Å². The van der Waals surface area contributed by atoms with E-state index in [4.69, 9.17) is 37.0 Å². The van der Waals surface area contributed by atoms with Crippen molar-refractivity contribution < 1.29 is 80.2 Å². The summed E-state index contributed by atoms with van der Waals surface area (Å²) in [6.45, 7) is 7.11. The fourth-order valence-corrected chi connectivity index (χ4v) is 11.3. The molecule has 0 aromatic carbocycles. The molecule has 0 radical (unpaired) electrons. The lowest BCUT2D eigenvalue weighted by molar-refractivity contribution is -0.161. The van der Waals surface area contributed by atoms with Crippen molar-refractivity contribution in [3.63, 3.8) is 0 Å². The Kier molecular flexibility index (Phi) is 57.4. The van der Waals surface area contributed by atoms with Crippen molar-refractivity contribution in [1.29, 1.82) is 0 Å². The highest BCUT2D eigenvalue weighted by atomic mass is 31.2. The molecule has 0 fully saturated rings. The zero-order chi connectivity index (χ0) is 62.0. The quantitative estimate of drug-likeness (QED) is 0.0222. The maximum Gasteiger partial charge on any atom is 0.472 e. The number of aliphatic hydroxyl groups excluding tert-OH is 1. The molecule has 0 spiro atoms. The molecule has 6 atom stereocenters. The number of phosphoric acid groups is 2. The van der Waals surface area contributed by atoms with Gasteiger partial charge in [-0.3, -0.25) is 37.3 Å². The highest BCUT2D eigenvalue weighted by Crippen LogP contribution is 2.45. The van der Waals surface area contributed by atoms with Gasteiger partial charge in [-0.25, -0.2) is 9.13 Å². The van der Waals surface area contributed by atoms with Crippen LogP contribution in [0.25, 0.3) is 0 Å². The smallest absolute Gasteiger partial charge is 0.462 e. The van der Waals surface area contributed by atoms with Gasteiger partial charge in [0.05, 0.1) is 26.4 Å². The van der Waals surface area contributed by atoms with Crippen molar-refractivity contribution in [1.82, 2.24) is 0 Å². The van der Waals surface area contributed by atoms with Crippen LogP contribution >= 0.6 is 15.6 Å². The predicted octanol–water partition coefficient (Wildman–Crippen LogP) is 18.2. The molecule has 0 amide bonds. The summed E-state index contributed by atoms with van der Waals surface area (Å²) in [5, 5.41) is 10.5. The molecule has 498 valence electrons. The Morgan fingerprint density at radius 3 is 0.845 bits per heavy atom. The van der Waals surface area contributed by atoms with E-state index in [-0.39, 0.29) is 25.7 Å². The number of aliphatic hydroxyl groups is 1. The molecule has 3 N–H and O–H groups in total. The topological polar surface area (TPSA) is 237 Å². The molecule has 0 aromatic rings. The Labute approximate surface area is 511 Å². The number of hydrogen-bond acceptors (Lipinski definition) is 15. The summed E-state index contributed by atoms with van der Waals surface area (Å²) in [5.41, 5.74) is 0. The second-order valence-electron chi connectivity index (χ2n) is 23.7. The van der Waals surface area contributed by atoms with Crippen molar-refractivity contribution in [2.24, 2.45) is 5.92 Å². The molecule has 0 aliphatic heterocycles. The van der Waals surface area contributed by atoms with Crippen LogP contribution in [-0.2, 0) is 65.4 Å². The monoisotopic (exact) mass is 1240 g/mol. The maximum atomic E-state index is 13.0. The van der Waals surface area contributed by atoms with E-state index < -0.39 is 97.5 Å². The third-order valence-electron chi connectivity index (χ3n) is 15.4. The first kappa shape index (κ1) is 82.1. The minimum atomic E-state index is -4.94. The lowest BCUT2D eigenvalue weighted by Crippen LogP contribution is -2.30. The molecule has 0 aliphatic carbocycles. The fourth-order valence-electron chi connectivity index (χ4n) is 9.73. The number of carbonyl (C=O) groups excluding carboxylic acids is 4. The second-order valence-corrected chi connectivity index (χ2v) is 26.7. The van der Waals surface area contributed by atoms with Gasteiger partial charge >= 0.3 is 39.5 Å². The van der Waals surface area contributed by atoms with Crippen LogP contribution in [0.15, 0.2) is 0 Å². The molecule has 0 aliphatic rings. The van der Waals surface area contributed by atoms with Gasteiger partial charge in [-0.1, -0.05) is 279 Å². The van der Waals surface area contributed by atoms with Crippen molar-refractivity contribution >= 4 is 39.5 Å². The van der Waals surface area contributed by atoms with Gasteiger partial charge in [-0.05, 0) is 31.6 Å². The van der Waals surface area contributed by atoms with Crippen molar-refractivity contribution in [2.45, 2.75) is 348 Å². The van der Waals surface area contributed by atoms with Crippen LogP contribution in [0.2, 0.25) is 0 Å². The zero-order valence-electron chi connectivity index (χ0n) is 54.0. The largest absolute Gasteiger partial charge is 0.472 e. The van der Waals surface area contributed by atoms with Gasteiger partial charge in [0.2, 0.25) is 0 Å². The standard InChI is InChI=1S/C65H126O17P2/c1-6-10-13-16-18-20-22-23-24-25-26-27-28-30-36-41-46-51-65(70)82-61(55-76-63(68)49-44-39-34-32-31-33-38-42-47-58(5)9-4)57-80-84(73,74)78-53-59(66)52-77-83(71,72)79-56-60(54-75-62(67)48-43-37-15-12-8-3)81-64(69)50-45-40-35-29-21-19-17-14-11-7-2/h58-61,66H,6-57H2,1-5H3,(H,71,72)(H,73,74)/t58?,59-,60+,61+/m0/s1. The molecule has 19 heteroatoms. The number of esters is 4. The molecule has 0 rings (SSSR count). The van der Waals surface area contributed by atoms with Crippen LogP contribution in [0.1, 0.15) is 330 Å². The summed E-state index contributed by atoms with van der Waals surface area (Å²) in [7, 11) is -9.88. The first-order valence-corrected chi connectivity index (χ1v) is 37.2. The molecule has 0 bridgehead atoms. The van der Waals surface area contributed by atoms with Crippen LogP contribution in [0.5, 0.6) is 0 Å². The molecule has 17 nitrogen and oxygen atoms in total. The van der Waals surface area contributed by atoms with Crippen molar-refractivity contribution in [3.05, 3.63) is 0 Å². The molecule has 0 saturated carbocycles. The molecule has 0 heterocycles. The van der Waals surface area contributed by atoms with Crippen LogP contribution in [0.4, 0.5) is 0 Å².